The molecular formula is C14H19F3N2. The van der Waals surface area contributed by atoms with Crippen molar-refractivity contribution in [3.63, 3.8) is 0 Å². The summed E-state index contributed by atoms with van der Waals surface area (Å²) in [5, 5.41) is 0. The van der Waals surface area contributed by atoms with Gasteiger partial charge in [0.15, 0.2) is 0 Å². The van der Waals surface area contributed by atoms with Crippen LogP contribution in [0.15, 0.2) is 24.3 Å². The van der Waals surface area contributed by atoms with Crippen LogP contribution in [0.5, 0.6) is 0 Å². The standard InChI is InChI=1S/C14H19F3N2/c1-19(9-10-6-7-10)13(8-18)11-4-2-3-5-12(11)14(15,16)17/h2-5,10,13H,6-9,18H2,1H3. The molecule has 1 aliphatic carbocycles. The van der Waals surface area contributed by atoms with E-state index in [4.69, 9.17) is 5.73 Å². The SMILES string of the molecule is CN(CC1CC1)C(CN)c1ccccc1C(F)(F)F. The molecule has 106 valence electrons. The van der Waals surface area contributed by atoms with Gasteiger partial charge in [-0.05, 0) is 37.4 Å². The largest absolute Gasteiger partial charge is 0.416 e. The number of rotatable bonds is 5. The van der Waals surface area contributed by atoms with Crippen molar-refractivity contribution in [3.8, 4) is 0 Å². The number of alkyl halides is 3. The van der Waals surface area contributed by atoms with E-state index in [0.29, 0.717) is 5.92 Å². The molecule has 1 unspecified atom stereocenters. The van der Waals surface area contributed by atoms with Gasteiger partial charge in [0.25, 0.3) is 0 Å². The molecule has 0 radical (unpaired) electrons. The van der Waals surface area contributed by atoms with Crippen molar-refractivity contribution in [3.05, 3.63) is 35.4 Å². The Balaban J connectivity index is 2.26. The minimum Gasteiger partial charge on any atom is -0.329 e. The first-order chi connectivity index (χ1) is 8.93. The van der Waals surface area contributed by atoms with E-state index in [1.807, 2.05) is 11.9 Å². The minimum absolute atomic E-state index is 0.191. The number of hydrogen-bond donors (Lipinski definition) is 1. The van der Waals surface area contributed by atoms with Gasteiger partial charge >= 0.3 is 6.18 Å². The minimum atomic E-state index is -4.33. The molecule has 0 heterocycles. The smallest absolute Gasteiger partial charge is 0.329 e. The number of hydrogen-bond acceptors (Lipinski definition) is 2. The lowest BCUT2D eigenvalue weighted by Crippen LogP contribution is -2.33. The molecule has 1 fully saturated rings. The molecule has 1 aromatic carbocycles. The number of halogens is 3. The quantitative estimate of drug-likeness (QED) is 0.892. The van der Waals surface area contributed by atoms with Gasteiger partial charge in [0.05, 0.1) is 5.56 Å². The lowest BCUT2D eigenvalue weighted by molar-refractivity contribution is -0.138. The maximum absolute atomic E-state index is 13.0. The fourth-order valence-electron chi connectivity index (χ4n) is 2.43. The van der Waals surface area contributed by atoms with Gasteiger partial charge in [-0.3, -0.25) is 4.90 Å². The molecule has 1 aromatic rings. The average Bonchev–Trinajstić information content (AvgIpc) is 3.13. The van der Waals surface area contributed by atoms with Gasteiger partial charge < -0.3 is 5.73 Å². The van der Waals surface area contributed by atoms with Gasteiger partial charge in [0.2, 0.25) is 0 Å². The molecule has 5 heteroatoms. The maximum atomic E-state index is 13.0. The first-order valence-corrected chi connectivity index (χ1v) is 6.50. The molecule has 0 aliphatic heterocycles. The second-order valence-electron chi connectivity index (χ2n) is 5.22. The van der Waals surface area contributed by atoms with E-state index in [2.05, 4.69) is 0 Å². The average molecular weight is 272 g/mol. The van der Waals surface area contributed by atoms with Crippen LogP contribution in [0.3, 0.4) is 0 Å². The zero-order chi connectivity index (χ0) is 14.0. The summed E-state index contributed by atoms with van der Waals surface area (Å²) in [5.74, 6) is 0.622. The third-order valence-corrected chi connectivity index (χ3v) is 3.62. The highest BCUT2D eigenvalue weighted by atomic mass is 19.4. The highest BCUT2D eigenvalue weighted by Crippen LogP contribution is 2.37. The molecule has 2 N–H and O–H groups in total. The number of benzene rings is 1. The van der Waals surface area contributed by atoms with E-state index in [0.717, 1.165) is 12.6 Å². The molecule has 2 rings (SSSR count). The third kappa shape index (κ3) is 3.48. The molecule has 0 aromatic heterocycles. The second-order valence-corrected chi connectivity index (χ2v) is 5.22. The fraction of sp³-hybridized carbons (Fsp3) is 0.571. The Bertz CT molecular complexity index is 427. The fourth-order valence-corrected chi connectivity index (χ4v) is 2.43. The van der Waals surface area contributed by atoms with Crippen LogP contribution in [0, 0.1) is 5.92 Å². The topological polar surface area (TPSA) is 29.3 Å². The van der Waals surface area contributed by atoms with Crippen molar-refractivity contribution < 1.29 is 13.2 Å². The molecule has 2 nitrogen and oxygen atoms in total. The molecule has 1 aliphatic rings. The van der Waals surface area contributed by atoms with E-state index in [1.165, 1.54) is 25.0 Å². The summed E-state index contributed by atoms with van der Waals surface area (Å²) in [6.07, 6.45) is -1.99. The van der Waals surface area contributed by atoms with Crippen LogP contribution in [0.25, 0.3) is 0 Å². The Morgan fingerprint density at radius 2 is 1.95 bits per heavy atom. The van der Waals surface area contributed by atoms with Crippen molar-refractivity contribution in [1.29, 1.82) is 0 Å². The Kier molecular flexibility index (Phi) is 4.16. The molecule has 0 bridgehead atoms. The van der Waals surface area contributed by atoms with Crippen molar-refractivity contribution in [2.24, 2.45) is 11.7 Å². The summed E-state index contributed by atoms with van der Waals surface area (Å²) in [6.45, 7) is 1.00. The number of nitrogens with two attached hydrogens (primary N) is 1. The predicted molar refractivity (Wildman–Crippen MR) is 68.6 cm³/mol. The van der Waals surface area contributed by atoms with E-state index >= 15 is 0 Å². The van der Waals surface area contributed by atoms with E-state index in [9.17, 15) is 13.2 Å². The van der Waals surface area contributed by atoms with Crippen LogP contribution in [0.4, 0.5) is 13.2 Å². The zero-order valence-corrected chi connectivity index (χ0v) is 11.0. The van der Waals surface area contributed by atoms with Crippen LogP contribution in [0.1, 0.15) is 30.0 Å². The highest BCUT2D eigenvalue weighted by Gasteiger charge is 2.36. The van der Waals surface area contributed by atoms with Gasteiger partial charge in [-0.15, -0.1) is 0 Å². The molecule has 0 saturated heterocycles. The number of likely N-dealkylation sites (N-methyl/N-ethyl adjacent to an activating group) is 1. The monoisotopic (exact) mass is 272 g/mol. The van der Waals surface area contributed by atoms with Gasteiger partial charge in [-0.2, -0.15) is 13.2 Å². The van der Waals surface area contributed by atoms with Crippen molar-refractivity contribution in [1.82, 2.24) is 4.90 Å². The molecule has 19 heavy (non-hydrogen) atoms. The van der Waals surface area contributed by atoms with Crippen molar-refractivity contribution in [2.45, 2.75) is 25.1 Å². The lowest BCUT2D eigenvalue weighted by atomic mass is 9.98. The van der Waals surface area contributed by atoms with Crippen molar-refractivity contribution in [2.75, 3.05) is 20.1 Å². The van der Waals surface area contributed by atoms with Crippen LogP contribution >= 0.6 is 0 Å². The van der Waals surface area contributed by atoms with Crippen LogP contribution in [0.2, 0.25) is 0 Å². The molecule has 0 amide bonds. The van der Waals surface area contributed by atoms with Gasteiger partial charge in [-0.25, -0.2) is 0 Å². The number of nitrogens with zero attached hydrogens (tertiary/aromatic N) is 1. The zero-order valence-electron chi connectivity index (χ0n) is 11.0. The summed E-state index contributed by atoms with van der Waals surface area (Å²) in [6, 6.07) is 5.34. The second kappa shape index (κ2) is 5.51. The summed E-state index contributed by atoms with van der Waals surface area (Å²) in [5.41, 5.74) is 5.41. The molecule has 0 spiro atoms. The van der Waals surface area contributed by atoms with Crippen molar-refractivity contribution >= 4 is 0 Å². The third-order valence-electron chi connectivity index (χ3n) is 3.62. The van der Waals surface area contributed by atoms with Gasteiger partial charge in [0.1, 0.15) is 0 Å². The highest BCUT2D eigenvalue weighted by molar-refractivity contribution is 5.32. The van der Waals surface area contributed by atoms with Crippen LogP contribution in [-0.2, 0) is 6.18 Å². The summed E-state index contributed by atoms with van der Waals surface area (Å²) in [4.78, 5) is 1.95. The first kappa shape index (κ1) is 14.3. The van der Waals surface area contributed by atoms with E-state index in [-0.39, 0.29) is 18.2 Å². The molecule has 1 saturated carbocycles. The Morgan fingerprint density at radius 1 is 1.32 bits per heavy atom. The first-order valence-electron chi connectivity index (χ1n) is 6.50. The summed E-state index contributed by atoms with van der Waals surface area (Å²) in [7, 11) is 1.85. The Labute approximate surface area is 111 Å². The summed E-state index contributed by atoms with van der Waals surface area (Å²) < 4.78 is 39.1. The van der Waals surface area contributed by atoms with Crippen LogP contribution in [-0.4, -0.2) is 25.0 Å². The van der Waals surface area contributed by atoms with Gasteiger partial charge in [0, 0.05) is 19.1 Å². The normalized spacial score (nSPS) is 17.8. The predicted octanol–water partition coefficient (Wildman–Crippen LogP) is 3.05. The van der Waals surface area contributed by atoms with E-state index in [1.54, 1.807) is 6.07 Å². The molecular weight excluding hydrogens is 253 g/mol. The van der Waals surface area contributed by atoms with E-state index < -0.39 is 11.7 Å². The Hall–Kier alpha value is -1.07. The summed E-state index contributed by atoms with van der Waals surface area (Å²) >= 11 is 0. The Morgan fingerprint density at radius 3 is 2.47 bits per heavy atom. The molecule has 1 atom stereocenters. The maximum Gasteiger partial charge on any atom is 0.416 e. The lowest BCUT2D eigenvalue weighted by Gasteiger charge is -2.29. The van der Waals surface area contributed by atoms with Crippen LogP contribution < -0.4 is 5.73 Å². The van der Waals surface area contributed by atoms with Gasteiger partial charge in [-0.1, -0.05) is 18.2 Å².